The average molecular weight is 452 g/mol. The fourth-order valence-corrected chi connectivity index (χ4v) is 5.47. The van der Waals surface area contributed by atoms with E-state index >= 15 is 0 Å². The molecule has 0 unspecified atom stereocenters. The molecule has 1 fully saturated rings. The molecule has 0 saturated carbocycles. The molecule has 0 bridgehead atoms. The quantitative estimate of drug-likeness (QED) is 0.415. The van der Waals surface area contributed by atoms with Crippen molar-refractivity contribution in [3.63, 3.8) is 0 Å². The number of H-pyrrole nitrogens is 1. The van der Waals surface area contributed by atoms with E-state index in [1.54, 1.807) is 13.3 Å². The predicted octanol–water partition coefficient (Wildman–Crippen LogP) is 5.97. The van der Waals surface area contributed by atoms with Crippen molar-refractivity contribution < 1.29 is 9.53 Å². The smallest absolute Gasteiger partial charge is 0.265 e. The summed E-state index contributed by atoms with van der Waals surface area (Å²) >= 11 is 7.68. The molecule has 2 aromatic carbocycles. The molecule has 3 heterocycles. The molecule has 4 aromatic rings. The Bertz CT molecular complexity index is 1240. The first-order valence-corrected chi connectivity index (χ1v) is 11.5. The Balaban J connectivity index is 1.29. The molecule has 0 atom stereocenters. The van der Waals surface area contributed by atoms with E-state index in [0.717, 1.165) is 47.8 Å². The molecule has 0 spiro atoms. The number of halogens is 1. The van der Waals surface area contributed by atoms with Gasteiger partial charge in [0.2, 0.25) is 0 Å². The number of amides is 1. The van der Waals surface area contributed by atoms with E-state index in [0.29, 0.717) is 15.8 Å². The fraction of sp³-hybridized carbons (Fsp3) is 0.250. The van der Waals surface area contributed by atoms with Gasteiger partial charge < -0.3 is 14.6 Å². The number of thiazole rings is 1. The molecular formula is C24H22ClN3O2S. The van der Waals surface area contributed by atoms with Crippen LogP contribution in [0.3, 0.4) is 0 Å². The molecule has 1 amide bonds. The molecule has 158 valence electrons. The van der Waals surface area contributed by atoms with Crippen molar-refractivity contribution >= 4 is 39.7 Å². The lowest BCUT2D eigenvalue weighted by Crippen LogP contribution is -2.37. The lowest BCUT2D eigenvalue weighted by molar-refractivity contribution is 0.0718. The number of rotatable bonds is 4. The van der Waals surface area contributed by atoms with Crippen molar-refractivity contribution in [3.8, 4) is 16.3 Å². The standard InChI is InChI=1S/C24H22ClN3O2S/c1-30-16-6-7-21-18(12-16)19(13-26-21)15-8-10-28(11-9-15)24(29)22-14-27-23(31-22)17-4-2-3-5-20(17)25/h2-7,12-15,26H,8-11H2,1H3. The van der Waals surface area contributed by atoms with Crippen LogP contribution < -0.4 is 4.74 Å². The van der Waals surface area contributed by atoms with Gasteiger partial charge in [-0.3, -0.25) is 4.79 Å². The van der Waals surface area contributed by atoms with Crippen LogP contribution >= 0.6 is 22.9 Å². The van der Waals surface area contributed by atoms with Crippen molar-refractivity contribution in [2.24, 2.45) is 0 Å². The van der Waals surface area contributed by atoms with Gasteiger partial charge in [0.25, 0.3) is 5.91 Å². The first-order valence-electron chi connectivity index (χ1n) is 10.3. The second kappa shape index (κ2) is 8.36. The summed E-state index contributed by atoms with van der Waals surface area (Å²) in [5, 5.41) is 2.62. The minimum Gasteiger partial charge on any atom is -0.497 e. The molecule has 1 aliphatic rings. The van der Waals surface area contributed by atoms with Crippen molar-refractivity contribution in [2.75, 3.05) is 20.2 Å². The number of hydrogen-bond donors (Lipinski definition) is 1. The number of carbonyl (C=O) groups is 1. The van der Waals surface area contributed by atoms with Crippen LogP contribution in [-0.4, -0.2) is 41.0 Å². The van der Waals surface area contributed by atoms with Gasteiger partial charge in [-0.25, -0.2) is 4.98 Å². The van der Waals surface area contributed by atoms with Gasteiger partial charge in [0.15, 0.2) is 0 Å². The summed E-state index contributed by atoms with van der Waals surface area (Å²) in [5.74, 6) is 1.33. The molecule has 0 aliphatic carbocycles. The molecule has 7 heteroatoms. The topological polar surface area (TPSA) is 58.2 Å². The maximum atomic E-state index is 13.1. The minimum atomic E-state index is 0.0508. The number of fused-ring (bicyclic) bond motifs is 1. The number of hydrogen-bond acceptors (Lipinski definition) is 4. The van der Waals surface area contributed by atoms with Crippen LogP contribution in [0.15, 0.2) is 54.9 Å². The number of methoxy groups -OCH3 is 1. The zero-order chi connectivity index (χ0) is 21.4. The Morgan fingerprint density at radius 2 is 2.03 bits per heavy atom. The molecule has 31 heavy (non-hydrogen) atoms. The summed E-state index contributed by atoms with van der Waals surface area (Å²) < 4.78 is 5.39. The number of aromatic nitrogens is 2. The molecule has 0 radical (unpaired) electrons. The lowest BCUT2D eigenvalue weighted by Gasteiger charge is -2.31. The van der Waals surface area contributed by atoms with E-state index in [2.05, 4.69) is 28.3 Å². The zero-order valence-corrected chi connectivity index (χ0v) is 18.7. The summed E-state index contributed by atoms with van der Waals surface area (Å²) in [6.07, 6.45) is 5.65. The van der Waals surface area contributed by atoms with Crippen LogP contribution in [0.2, 0.25) is 5.02 Å². The number of benzene rings is 2. The van der Waals surface area contributed by atoms with E-state index in [1.165, 1.54) is 22.3 Å². The second-order valence-electron chi connectivity index (χ2n) is 7.73. The van der Waals surface area contributed by atoms with Gasteiger partial charge in [-0.2, -0.15) is 0 Å². The van der Waals surface area contributed by atoms with Crippen LogP contribution in [0.25, 0.3) is 21.5 Å². The number of nitrogens with one attached hydrogen (secondary N) is 1. The number of likely N-dealkylation sites (tertiary alicyclic amines) is 1. The molecule has 2 aromatic heterocycles. The number of piperidine rings is 1. The van der Waals surface area contributed by atoms with Crippen molar-refractivity contribution in [3.05, 3.63) is 70.3 Å². The molecule has 1 saturated heterocycles. The van der Waals surface area contributed by atoms with Gasteiger partial charge in [-0.05, 0) is 48.6 Å². The monoisotopic (exact) mass is 451 g/mol. The largest absolute Gasteiger partial charge is 0.497 e. The van der Waals surface area contributed by atoms with Gasteiger partial charge in [0.05, 0.1) is 18.3 Å². The van der Waals surface area contributed by atoms with Gasteiger partial charge in [-0.1, -0.05) is 29.8 Å². The van der Waals surface area contributed by atoms with E-state index in [1.807, 2.05) is 35.2 Å². The summed E-state index contributed by atoms with van der Waals surface area (Å²) in [5.41, 5.74) is 3.28. The SMILES string of the molecule is COc1ccc2[nH]cc(C3CCN(C(=O)c4cnc(-c5ccccc5Cl)s4)CC3)c2c1. The second-order valence-corrected chi connectivity index (χ2v) is 9.17. The summed E-state index contributed by atoms with van der Waals surface area (Å²) in [4.78, 5) is 23.5. The van der Waals surface area contributed by atoms with Gasteiger partial charge in [-0.15, -0.1) is 11.3 Å². The van der Waals surface area contributed by atoms with E-state index in [9.17, 15) is 4.79 Å². The summed E-state index contributed by atoms with van der Waals surface area (Å²) in [6, 6.07) is 13.7. The van der Waals surface area contributed by atoms with Crippen LogP contribution in [0.1, 0.15) is 34.0 Å². The van der Waals surface area contributed by atoms with Gasteiger partial charge in [0.1, 0.15) is 15.6 Å². The predicted molar refractivity (Wildman–Crippen MR) is 125 cm³/mol. The van der Waals surface area contributed by atoms with Crippen molar-refractivity contribution in [1.82, 2.24) is 14.9 Å². The maximum Gasteiger partial charge on any atom is 0.265 e. The van der Waals surface area contributed by atoms with Gasteiger partial charge >= 0.3 is 0 Å². The minimum absolute atomic E-state index is 0.0508. The van der Waals surface area contributed by atoms with Crippen LogP contribution in [0.5, 0.6) is 5.75 Å². The molecule has 1 aliphatic heterocycles. The Hall–Kier alpha value is -2.83. The molecule has 5 nitrogen and oxygen atoms in total. The van der Waals surface area contributed by atoms with Crippen LogP contribution in [0, 0.1) is 0 Å². The molecule has 1 N–H and O–H groups in total. The summed E-state index contributed by atoms with van der Waals surface area (Å²) in [6.45, 7) is 1.47. The first kappa shape index (κ1) is 20.1. The molecule has 5 rings (SSSR count). The number of aromatic amines is 1. The van der Waals surface area contributed by atoms with Gasteiger partial charge in [0, 0.05) is 35.8 Å². The lowest BCUT2D eigenvalue weighted by atomic mass is 9.89. The highest BCUT2D eigenvalue weighted by Gasteiger charge is 2.27. The Morgan fingerprint density at radius 3 is 2.81 bits per heavy atom. The third-order valence-corrected chi connectivity index (χ3v) is 7.31. The van der Waals surface area contributed by atoms with Crippen LogP contribution in [0.4, 0.5) is 0 Å². The number of nitrogens with zero attached hydrogens (tertiary/aromatic N) is 2. The average Bonchev–Trinajstić information content (AvgIpc) is 3.46. The highest BCUT2D eigenvalue weighted by Crippen LogP contribution is 2.36. The third kappa shape index (κ3) is 3.82. The highest BCUT2D eigenvalue weighted by atomic mass is 35.5. The Morgan fingerprint density at radius 1 is 1.23 bits per heavy atom. The summed E-state index contributed by atoms with van der Waals surface area (Å²) in [7, 11) is 1.69. The Kier molecular flexibility index (Phi) is 5.42. The normalized spacial score (nSPS) is 14.8. The maximum absolute atomic E-state index is 13.1. The number of ether oxygens (including phenoxy) is 1. The van der Waals surface area contributed by atoms with Crippen molar-refractivity contribution in [2.45, 2.75) is 18.8 Å². The molecular weight excluding hydrogens is 430 g/mol. The Labute approximate surface area is 189 Å². The van der Waals surface area contributed by atoms with Crippen molar-refractivity contribution in [1.29, 1.82) is 0 Å². The third-order valence-electron chi connectivity index (χ3n) is 5.96. The van der Waals surface area contributed by atoms with Crippen LogP contribution in [-0.2, 0) is 0 Å². The fourth-order valence-electron chi connectivity index (χ4n) is 4.27. The highest BCUT2D eigenvalue weighted by molar-refractivity contribution is 7.17. The first-order chi connectivity index (χ1) is 15.1. The van der Waals surface area contributed by atoms with E-state index < -0.39 is 0 Å². The zero-order valence-electron chi connectivity index (χ0n) is 17.1. The van der Waals surface area contributed by atoms with E-state index in [4.69, 9.17) is 16.3 Å². The van der Waals surface area contributed by atoms with E-state index in [-0.39, 0.29) is 5.91 Å². The number of carbonyl (C=O) groups excluding carboxylic acids is 1.